The zero-order valence-electron chi connectivity index (χ0n) is 17.5. The van der Waals surface area contributed by atoms with Crippen LogP contribution in [0.3, 0.4) is 0 Å². The van der Waals surface area contributed by atoms with E-state index in [0.717, 1.165) is 44.2 Å². The Morgan fingerprint density at radius 3 is 2.89 bits per heavy atom. The number of nitrogens with zero attached hydrogens (tertiary/aromatic N) is 4. The normalized spacial score (nSPS) is 22.0. The summed E-state index contributed by atoms with van der Waals surface area (Å²) in [6, 6.07) is 0.672. The molecule has 0 radical (unpaired) electrons. The fourth-order valence-corrected chi connectivity index (χ4v) is 3.88. The molecule has 2 rings (SSSR count). The largest absolute Gasteiger partial charge is 0.318 e. The molecule has 1 unspecified atom stereocenters. The number of likely N-dealkylation sites (N-methyl/N-ethyl adjacent to an activating group) is 1. The van der Waals surface area contributed by atoms with Gasteiger partial charge in [-0.2, -0.15) is 0 Å². The Balaban J connectivity index is 1.84. The van der Waals surface area contributed by atoms with Gasteiger partial charge in [-0.05, 0) is 51.6 Å². The van der Waals surface area contributed by atoms with Crippen molar-refractivity contribution in [2.45, 2.75) is 38.6 Å². The highest BCUT2D eigenvalue weighted by Crippen LogP contribution is 2.18. The van der Waals surface area contributed by atoms with E-state index in [-0.39, 0.29) is 0 Å². The molecule has 2 aliphatic rings. The lowest BCUT2D eigenvalue weighted by Crippen LogP contribution is -2.48. The molecule has 6 heteroatoms. The van der Waals surface area contributed by atoms with Crippen molar-refractivity contribution in [1.82, 2.24) is 20.4 Å². The molecule has 1 atom stereocenters. The van der Waals surface area contributed by atoms with Crippen LogP contribution in [0.4, 0.5) is 0 Å². The Labute approximate surface area is 166 Å². The van der Waals surface area contributed by atoms with Crippen LogP contribution in [0.15, 0.2) is 22.3 Å². The number of likely N-dealkylation sites (tertiary alicyclic amines) is 1. The molecular formula is C21H40N6. The van der Waals surface area contributed by atoms with Crippen LogP contribution in [0.1, 0.15) is 32.6 Å². The smallest absolute Gasteiger partial charge is 0.0520 e. The lowest BCUT2D eigenvalue weighted by Gasteiger charge is -2.32. The molecule has 2 N–H and O–H groups in total. The zero-order valence-corrected chi connectivity index (χ0v) is 17.5. The lowest BCUT2D eigenvalue weighted by atomic mass is 10.0. The van der Waals surface area contributed by atoms with Gasteiger partial charge in [0.05, 0.1) is 6.54 Å². The molecule has 6 nitrogen and oxygen atoms in total. The highest BCUT2D eigenvalue weighted by Gasteiger charge is 2.29. The predicted molar refractivity (Wildman–Crippen MR) is 117 cm³/mol. The van der Waals surface area contributed by atoms with Crippen molar-refractivity contribution in [2.24, 2.45) is 15.9 Å². The molecular weight excluding hydrogens is 336 g/mol. The van der Waals surface area contributed by atoms with Crippen LogP contribution in [0, 0.1) is 5.92 Å². The number of hydrogen-bond donors (Lipinski definition) is 2. The second-order valence-electron chi connectivity index (χ2n) is 7.84. The summed E-state index contributed by atoms with van der Waals surface area (Å²) in [7, 11) is 2.04. The van der Waals surface area contributed by atoms with Gasteiger partial charge in [-0.25, -0.2) is 0 Å². The zero-order chi connectivity index (χ0) is 19.3. The SMILES string of the molecule is C=N/C=C\C(CCCC)=NCCN(CCNC)C1CCN(CC2CNC2)C1. The summed E-state index contributed by atoms with van der Waals surface area (Å²) in [6.07, 6.45) is 8.47. The molecule has 2 saturated heterocycles. The van der Waals surface area contributed by atoms with E-state index in [1.54, 1.807) is 6.20 Å². The van der Waals surface area contributed by atoms with E-state index in [9.17, 15) is 0 Å². The van der Waals surface area contributed by atoms with E-state index in [2.05, 4.69) is 39.1 Å². The van der Waals surface area contributed by atoms with Crippen molar-refractivity contribution in [3.63, 3.8) is 0 Å². The van der Waals surface area contributed by atoms with Crippen molar-refractivity contribution in [3.8, 4) is 0 Å². The summed E-state index contributed by atoms with van der Waals surface area (Å²) in [6.45, 7) is 15.9. The molecule has 0 aliphatic carbocycles. The van der Waals surface area contributed by atoms with Gasteiger partial charge in [-0.15, -0.1) is 0 Å². The van der Waals surface area contributed by atoms with Gasteiger partial charge in [0.2, 0.25) is 0 Å². The molecule has 0 aromatic carbocycles. The highest BCUT2D eigenvalue weighted by atomic mass is 15.3. The lowest BCUT2D eigenvalue weighted by molar-refractivity contribution is 0.180. The van der Waals surface area contributed by atoms with Gasteiger partial charge in [0.15, 0.2) is 0 Å². The molecule has 27 heavy (non-hydrogen) atoms. The molecule has 154 valence electrons. The van der Waals surface area contributed by atoms with Crippen LogP contribution in [0.2, 0.25) is 0 Å². The molecule has 0 saturated carbocycles. The molecule has 0 amide bonds. The maximum absolute atomic E-state index is 4.87. The topological polar surface area (TPSA) is 55.3 Å². The second-order valence-corrected chi connectivity index (χ2v) is 7.84. The minimum atomic E-state index is 0.672. The third-order valence-corrected chi connectivity index (χ3v) is 5.66. The number of unbranched alkanes of at least 4 members (excludes halogenated alkanes) is 1. The summed E-state index contributed by atoms with van der Waals surface area (Å²) >= 11 is 0. The van der Waals surface area contributed by atoms with Gasteiger partial charge in [0.1, 0.15) is 0 Å². The summed E-state index contributed by atoms with van der Waals surface area (Å²) < 4.78 is 0. The average molecular weight is 377 g/mol. The van der Waals surface area contributed by atoms with Crippen molar-refractivity contribution >= 4 is 12.4 Å². The fraction of sp³-hybridized carbons (Fsp3) is 0.810. The van der Waals surface area contributed by atoms with Crippen molar-refractivity contribution in [3.05, 3.63) is 12.3 Å². The van der Waals surface area contributed by atoms with Crippen molar-refractivity contribution in [1.29, 1.82) is 0 Å². The maximum atomic E-state index is 4.87. The first-order valence-electron chi connectivity index (χ1n) is 10.7. The summed E-state index contributed by atoms with van der Waals surface area (Å²) in [5, 5.41) is 6.70. The van der Waals surface area contributed by atoms with Crippen LogP contribution in [0.5, 0.6) is 0 Å². The average Bonchev–Trinajstić information content (AvgIpc) is 3.11. The number of allylic oxidation sites excluding steroid dienone is 1. The maximum Gasteiger partial charge on any atom is 0.0520 e. The minimum Gasteiger partial charge on any atom is -0.318 e. The van der Waals surface area contributed by atoms with E-state index >= 15 is 0 Å². The highest BCUT2D eigenvalue weighted by molar-refractivity contribution is 5.94. The first-order valence-corrected chi connectivity index (χ1v) is 10.7. The molecule has 2 fully saturated rings. The Bertz CT molecular complexity index is 471. The van der Waals surface area contributed by atoms with Crippen molar-refractivity contribution in [2.75, 3.05) is 66.0 Å². The van der Waals surface area contributed by atoms with E-state index in [1.165, 1.54) is 52.0 Å². The molecule has 2 aliphatic heterocycles. The van der Waals surface area contributed by atoms with Crippen molar-refractivity contribution < 1.29 is 0 Å². The quantitative estimate of drug-likeness (QED) is 0.453. The predicted octanol–water partition coefficient (Wildman–Crippen LogP) is 1.65. The minimum absolute atomic E-state index is 0.672. The van der Waals surface area contributed by atoms with E-state index in [4.69, 9.17) is 4.99 Å². The Hall–Kier alpha value is -1.08. The van der Waals surface area contributed by atoms with Crippen LogP contribution >= 0.6 is 0 Å². The third kappa shape index (κ3) is 8.21. The van der Waals surface area contributed by atoms with E-state index in [0.29, 0.717) is 6.04 Å². The van der Waals surface area contributed by atoms with Gasteiger partial charge in [-0.3, -0.25) is 14.9 Å². The van der Waals surface area contributed by atoms with Crippen LogP contribution in [-0.4, -0.2) is 94.2 Å². The molecule has 0 aromatic heterocycles. The van der Waals surface area contributed by atoms with Gasteiger partial charge >= 0.3 is 0 Å². The van der Waals surface area contributed by atoms with Gasteiger partial charge in [-0.1, -0.05) is 13.3 Å². The van der Waals surface area contributed by atoms with Crippen LogP contribution < -0.4 is 10.6 Å². The van der Waals surface area contributed by atoms with Gasteiger partial charge < -0.3 is 15.5 Å². The Morgan fingerprint density at radius 2 is 2.22 bits per heavy atom. The van der Waals surface area contributed by atoms with E-state index < -0.39 is 0 Å². The molecule has 2 heterocycles. The monoisotopic (exact) mass is 376 g/mol. The standard InChI is InChI=1S/C21H40N6/c1-4-5-6-20(7-9-22-2)25-11-14-27(13-10-23-3)21-8-12-26(18-21)17-19-15-24-16-19/h7,9,19,21,23-24H,2,4-6,8,10-18H2,1,3H3/b9-7-,25-20?. The Morgan fingerprint density at radius 1 is 1.37 bits per heavy atom. The van der Waals surface area contributed by atoms with Gasteiger partial charge in [0, 0.05) is 63.8 Å². The second kappa shape index (κ2) is 13.2. The first kappa shape index (κ1) is 22.2. The Kier molecular flexibility index (Phi) is 10.8. The third-order valence-electron chi connectivity index (χ3n) is 5.66. The number of hydrogen-bond acceptors (Lipinski definition) is 6. The van der Waals surface area contributed by atoms with Crippen LogP contribution in [-0.2, 0) is 0 Å². The van der Waals surface area contributed by atoms with Crippen LogP contribution in [0.25, 0.3) is 0 Å². The summed E-state index contributed by atoms with van der Waals surface area (Å²) in [4.78, 5) is 14.0. The van der Waals surface area contributed by atoms with E-state index in [1.807, 2.05) is 13.1 Å². The number of aliphatic imine (C=N–C) groups is 2. The molecule has 0 bridgehead atoms. The summed E-state index contributed by atoms with van der Waals surface area (Å²) in [5.74, 6) is 0.866. The summed E-state index contributed by atoms with van der Waals surface area (Å²) in [5.41, 5.74) is 1.16. The fourth-order valence-electron chi connectivity index (χ4n) is 3.88. The molecule has 0 aromatic rings. The van der Waals surface area contributed by atoms with Gasteiger partial charge in [0.25, 0.3) is 0 Å². The molecule has 0 spiro atoms. The number of rotatable bonds is 14. The number of nitrogens with one attached hydrogen (secondary N) is 2. The first-order chi connectivity index (χ1) is 13.3.